The van der Waals surface area contributed by atoms with E-state index in [0.29, 0.717) is 11.4 Å². The van der Waals surface area contributed by atoms with Crippen molar-refractivity contribution in [2.75, 3.05) is 0 Å². The zero-order chi connectivity index (χ0) is 24.6. The second-order valence-corrected chi connectivity index (χ2v) is 9.24. The molecule has 2 aromatic carbocycles. The van der Waals surface area contributed by atoms with Crippen LogP contribution in [0, 0.1) is 0 Å². The fraction of sp³-hybridized carbons (Fsp3) is 0.368. The number of halogens is 9. The van der Waals surface area contributed by atoms with Crippen LogP contribution in [0.1, 0.15) is 18.1 Å². The standard InChI is InChI=1S/C19H16ClF8NO2S/c1-16(21,17(22,23)18(24,25)19(26,27)28)32(30,31)29-11-13-4-8-15(9-5-13)14-6-2-12(10-20)3-7-14/h2-9,29H,10-11H2,1H3. The van der Waals surface area contributed by atoms with Gasteiger partial charge in [-0.15, -0.1) is 11.6 Å². The first-order chi connectivity index (χ1) is 14.5. The van der Waals surface area contributed by atoms with Crippen LogP contribution in [0.3, 0.4) is 0 Å². The van der Waals surface area contributed by atoms with Crippen LogP contribution in [-0.2, 0) is 22.4 Å². The normalized spacial score (nSPS) is 15.4. The Morgan fingerprint density at radius 3 is 1.53 bits per heavy atom. The summed E-state index contributed by atoms with van der Waals surface area (Å²) in [6.45, 7) is -1.39. The van der Waals surface area contributed by atoms with Gasteiger partial charge in [0.2, 0.25) is 0 Å². The molecular formula is C19H16ClF8NO2S. The van der Waals surface area contributed by atoms with Crippen LogP contribution in [0.2, 0.25) is 0 Å². The van der Waals surface area contributed by atoms with Crippen molar-refractivity contribution in [3.63, 3.8) is 0 Å². The highest BCUT2D eigenvalue weighted by Gasteiger charge is 2.82. The van der Waals surface area contributed by atoms with Crippen molar-refractivity contribution in [3.8, 4) is 11.1 Å². The molecule has 0 heterocycles. The highest BCUT2D eigenvalue weighted by atomic mass is 35.5. The van der Waals surface area contributed by atoms with Gasteiger partial charge in [0.15, 0.2) is 0 Å². The van der Waals surface area contributed by atoms with Crippen LogP contribution in [0.4, 0.5) is 35.1 Å². The predicted octanol–water partition coefficient (Wildman–Crippen LogP) is 6.03. The van der Waals surface area contributed by atoms with Crippen molar-refractivity contribution in [2.45, 2.75) is 42.4 Å². The summed E-state index contributed by atoms with van der Waals surface area (Å²) in [5.41, 5.74) is 2.40. The van der Waals surface area contributed by atoms with Gasteiger partial charge in [-0.1, -0.05) is 48.5 Å². The molecule has 0 aliphatic rings. The zero-order valence-corrected chi connectivity index (χ0v) is 17.7. The molecule has 0 saturated heterocycles. The number of rotatable bonds is 8. The molecule has 0 aliphatic carbocycles. The Balaban J connectivity index is 2.19. The summed E-state index contributed by atoms with van der Waals surface area (Å²) in [7, 11) is -5.99. The van der Waals surface area contributed by atoms with Crippen molar-refractivity contribution in [2.24, 2.45) is 0 Å². The van der Waals surface area contributed by atoms with Crippen LogP contribution in [0.25, 0.3) is 11.1 Å². The van der Waals surface area contributed by atoms with E-state index in [1.54, 1.807) is 24.3 Å². The molecule has 0 aromatic heterocycles. The molecule has 0 amide bonds. The Hall–Kier alpha value is -1.92. The molecule has 1 N–H and O–H groups in total. The van der Waals surface area contributed by atoms with E-state index in [0.717, 1.165) is 11.1 Å². The number of nitrogens with one attached hydrogen (secondary N) is 1. The molecule has 2 rings (SSSR count). The molecule has 0 bridgehead atoms. The third-order valence-corrected chi connectivity index (χ3v) is 6.78. The van der Waals surface area contributed by atoms with E-state index in [4.69, 9.17) is 11.6 Å². The minimum Gasteiger partial charge on any atom is -0.218 e. The molecule has 178 valence electrons. The lowest BCUT2D eigenvalue weighted by Crippen LogP contribution is -2.65. The number of hydrogen-bond acceptors (Lipinski definition) is 2. The third kappa shape index (κ3) is 4.72. The van der Waals surface area contributed by atoms with Crippen LogP contribution in [-0.4, -0.2) is 31.4 Å². The Morgan fingerprint density at radius 2 is 1.16 bits per heavy atom. The van der Waals surface area contributed by atoms with Crippen molar-refractivity contribution in [3.05, 3.63) is 59.7 Å². The number of hydrogen-bond donors (Lipinski definition) is 1. The summed E-state index contributed by atoms with van der Waals surface area (Å²) in [6, 6.07) is 12.8. The monoisotopic (exact) mass is 509 g/mol. The van der Waals surface area contributed by atoms with Crippen LogP contribution >= 0.6 is 11.6 Å². The van der Waals surface area contributed by atoms with Gasteiger partial charge >= 0.3 is 18.0 Å². The molecule has 3 nitrogen and oxygen atoms in total. The maximum atomic E-state index is 14.3. The maximum absolute atomic E-state index is 14.3. The molecule has 1 atom stereocenters. The van der Waals surface area contributed by atoms with Gasteiger partial charge < -0.3 is 0 Å². The van der Waals surface area contributed by atoms with Crippen LogP contribution in [0.5, 0.6) is 0 Å². The molecule has 2 aromatic rings. The molecular weight excluding hydrogens is 494 g/mol. The van der Waals surface area contributed by atoms with Gasteiger partial charge in [0.05, 0.1) is 0 Å². The first-order valence-corrected chi connectivity index (χ1v) is 10.7. The van der Waals surface area contributed by atoms with E-state index < -0.39 is 46.5 Å². The fourth-order valence-electron chi connectivity index (χ4n) is 2.54. The summed E-state index contributed by atoms with van der Waals surface area (Å²) in [4.78, 5) is 0. The Labute approximate surface area is 183 Å². The number of sulfonamides is 1. The minimum absolute atomic E-state index is 0.108. The molecule has 0 spiro atoms. The highest BCUT2D eigenvalue weighted by molar-refractivity contribution is 7.90. The summed E-state index contributed by atoms with van der Waals surface area (Å²) in [6.07, 6.45) is -6.88. The average Bonchev–Trinajstić information content (AvgIpc) is 2.71. The van der Waals surface area contributed by atoms with Crippen molar-refractivity contribution in [1.82, 2.24) is 4.72 Å². The fourth-order valence-corrected chi connectivity index (χ4v) is 3.81. The molecule has 32 heavy (non-hydrogen) atoms. The number of benzene rings is 2. The SMILES string of the molecule is CC(F)(C(F)(F)C(F)(F)C(F)(F)F)S(=O)(=O)NCc1ccc(-c2ccc(CCl)cc2)cc1. The lowest BCUT2D eigenvalue weighted by molar-refractivity contribution is -0.369. The number of alkyl halides is 9. The molecule has 0 aliphatic heterocycles. The molecule has 0 saturated carbocycles. The summed E-state index contributed by atoms with van der Waals surface area (Å²) >= 11 is 5.70. The topological polar surface area (TPSA) is 46.2 Å². The average molecular weight is 510 g/mol. The van der Waals surface area contributed by atoms with Gasteiger partial charge in [0, 0.05) is 12.4 Å². The van der Waals surface area contributed by atoms with Crippen LogP contribution < -0.4 is 4.72 Å². The quantitative estimate of drug-likeness (QED) is 0.349. The van der Waals surface area contributed by atoms with Gasteiger partial charge in [-0.3, -0.25) is 0 Å². The first kappa shape index (κ1) is 26.3. The summed E-state index contributed by atoms with van der Waals surface area (Å²) in [5.74, 6) is -13.2. The van der Waals surface area contributed by atoms with Crippen molar-refractivity contribution >= 4 is 21.6 Å². The first-order valence-electron chi connectivity index (χ1n) is 8.72. The minimum atomic E-state index is -6.93. The van der Waals surface area contributed by atoms with E-state index >= 15 is 0 Å². The van der Waals surface area contributed by atoms with E-state index in [2.05, 4.69) is 0 Å². The second kappa shape index (κ2) is 8.79. The molecule has 1 unspecified atom stereocenters. The van der Waals surface area contributed by atoms with Gasteiger partial charge in [0.25, 0.3) is 15.0 Å². The summed E-state index contributed by atoms with van der Waals surface area (Å²) in [5, 5.41) is -5.27. The van der Waals surface area contributed by atoms with E-state index in [1.807, 2.05) is 0 Å². The second-order valence-electron chi connectivity index (χ2n) is 6.92. The smallest absolute Gasteiger partial charge is 0.218 e. The molecule has 0 radical (unpaired) electrons. The Bertz CT molecular complexity index is 1040. The molecule has 0 fully saturated rings. The van der Waals surface area contributed by atoms with Crippen molar-refractivity contribution in [1.29, 1.82) is 0 Å². The third-order valence-electron chi connectivity index (χ3n) is 4.68. The van der Waals surface area contributed by atoms with E-state index in [-0.39, 0.29) is 5.56 Å². The Kier molecular flexibility index (Phi) is 7.23. The van der Waals surface area contributed by atoms with E-state index in [9.17, 15) is 43.5 Å². The molecule has 13 heteroatoms. The Morgan fingerprint density at radius 1 is 0.750 bits per heavy atom. The maximum Gasteiger partial charge on any atom is 0.460 e. The van der Waals surface area contributed by atoms with Crippen LogP contribution in [0.15, 0.2) is 48.5 Å². The van der Waals surface area contributed by atoms with Gasteiger partial charge in [-0.2, -0.15) is 30.7 Å². The highest BCUT2D eigenvalue weighted by Crippen LogP contribution is 2.53. The van der Waals surface area contributed by atoms with Gasteiger partial charge in [0.1, 0.15) is 0 Å². The lowest BCUT2D eigenvalue weighted by atomic mass is 10.0. The zero-order valence-electron chi connectivity index (χ0n) is 16.2. The predicted molar refractivity (Wildman–Crippen MR) is 103 cm³/mol. The largest absolute Gasteiger partial charge is 0.460 e. The van der Waals surface area contributed by atoms with Gasteiger partial charge in [-0.25, -0.2) is 17.5 Å². The summed E-state index contributed by atoms with van der Waals surface area (Å²) < 4.78 is 130. The van der Waals surface area contributed by atoms with Gasteiger partial charge in [-0.05, 0) is 29.2 Å². The lowest BCUT2D eigenvalue weighted by Gasteiger charge is -2.35. The van der Waals surface area contributed by atoms with E-state index in [1.165, 1.54) is 29.0 Å². The van der Waals surface area contributed by atoms with Crippen molar-refractivity contribution < 1.29 is 43.5 Å².